The zero-order chi connectivity index (χ0) is 19.7. The van der Waals surface area contributed by atoms with E-state index in [1.54, 1.807) is 0 Å². The van der Waals surface area contributed by atoms with Crippen LogP contribution in [0.5, 0.6) is 0 Å². The summed E-state index contributed by atoms with van der Waals surface area (Å²) in [5, 5.41) is 0. The number of carbonyl (C=O) groups excluding carboxylic acids is 1. The fourth-order valence-electron chi connectivity index (χ4n) is 3.52. The molecule has 0 N–H and O–H groups in total. The van der Waals surface area contributed by atoms with Gasteiger partial charge in [-0.25, -0.2) is 0 Å². The largest absolute Gasteiger partial charge is 0.334 e. The molecule has 1 saturated heterocycles. The number of carbonyl (C=O) groups is 1. The fourth-order valence-corrected chi connectivity index (χ4v) is 5.55. The van der Waals surface area contributed by atoms with Crippen LogP contribution in [-0.4, -0.2) is 52.5 Å². The molecular weight excluding hydrogens is 340 g/mol. The minimum atomic E-state index is -1.41. The van der Waals surface area contributed by atoms with Crippen LogP contribution >= 0.6 is 9.39 Å². The van der Waals surface area contributed by atoms with Gasteiger partial charge in [0.05, 0.1) is 6.04 Å². The maximum absolute atomic E-state index is 11.6. The SMILES string of the molecule is C=C(C)C1CCC(CN(CC)S(=C)(=C)Cc2ccccc2)N1C=O.CC. The predicted molar refractivity (Wildman–Crippen MR) is 120 cm³/mol. The Bertz CT molecular complexity index is 667. The van der Waals surface area contributed by atoms with Gasteiger partial charge in [0.1, 0.15) is 0 Å². The van der Waals surface area contributed by atoms with Crippen molar-refractivity contribution in [3.8, 4) is 0 Å². The first kappa shape index (κ1) is 22.5. The molecule has 1 amide bonds. The van der Waals surface area contributed by atoms with E-state index in [-0.39, 0.29) is 12.1 Å². The number of rotatable bonds is 8. The van der Waals surface area contributed by atoms with E-state index >= 15 is 0 Å². The maximum Gasteiger partial charge on any atom is 0.210 e. The highest BCUT2D eigenvalue weighted by atomic mass is 32.2. The third-order valence-electron chi connectivity index (χ3n) is 4.84. The van der Waals surface area contributed by atoms with Gasteiger partial charge in [-0.3, -0.25) is 9.10 Å². The van der Waals surface area contributed by atoms with Crippen molar-refractivity contribution in [3.05, 3.63) is 48.0 Å². The van der Waals surface area contributed by atoms with Gasteiger partial charge in [-0.2, -0.15) is 9.39 Å². The summed E-state index contributed by atoms with van der Waals surface area (Å²) in [4.78, 5) is 13.5. The summed E-state index contributed by atoms with van der Waals surface area (Å²) in [5.41, 5.74) is 2.34. The lowest BCUT2D eigenvalue weighted by atomic mass is 10.1. The summed E-state index contributed by atoms with van der Waals surface area (Å²) in [5.74, 6) is 9.79. The molecular formula is C22H36N2OS. The zero-order valence-electron chi connectivity index (χ0n) is 17.0. The van der Waals surface area contributed by atoms with E-state index in [0.717, 1.165) is 43.7 Å². The van der Waals surface area contributed by atoms with Crippen molar-refractivity contribution < 1.29 is 4.79 Å². The Labute approximate surface area is 161 Å². The van der Waals surface area contributed by atoms with Crippen LogP contribution in [0, 0.1) is 0 Å². The predicted octanol–water partition coefficient (Wildman–Crippen LogP) is 4.68. The van der Waals surface area contributed by atoms with Crippen molar-refractivity contribution >= 4 is 27.5 Å². The highest BCUT2D eigenvalue weighted by Gasteiger charge is 2.34. The van der Waals surface area contributed by atoms with E-state index in [1.807, 2.05) is 31.7 Å². The van der Waals surface area contributed by atoms with Crippen LogP contribution in [0.1, 0.15) is 46.1 Å². The molecule has 4 heteroatoms. The molecule has 0 bridgehead atoms. The minimum absolute atomic E-state index is 0.180. The minimum Gasteiger partial charge on any atom is -0.334 e. The molecule has 1 aliphatic rings. The first-order valence-corrected chi connectivity index (χ1v) is 11.6. The molecule has 1 aliphatic heterocycles. The van der Waals surface area contributed by atoms with E-state index in [4.69, 9.17) is 0 Å². The van der Waals surface area contributed by atoms with E-state index in [1.165, 1.54) is 5.56 Å². The van der Waals surface area contributed by atoms with Gasteiger partial charge in [0.2, 0.25) is 6.41 Å². The van der Waals surface area contributed by atoms with Crippen LogP contribution in [0.4, 0.5) is 0 Å². The van der Waals surface area contributed by atoms with E-state index in [2.05, 4.69) is 53.8 Å². The van der Waals surface area contributed by atoms with Gasteiger partial charge in [0.25, 0.3) is 0 Å². The first-order valence-electron chi connectivity index (χ1n) is 9.53. The molecule has 2 rings (SSSR count). The Balaban J connectivity index is 0.00000163. The molecule has 2 unspecified atom stereocenters. The Morgan fingerprint density at radius 3 is 2.38 bits per heavy atom. The topological polar surface area (TPSA) is 23.6 Å². The van der Waals surface area contributed by atoms with Crippen LogP contribution in [-0.2, 0) is 10.5 Å². The number of amides is 1. The first-order chi connectivity index (χ1) is 12.4. The normalized spacial score (nSPS) is 19.8. The lowest BCUT2D eigenvalue weighted by Gasteiger charge is -2.35. The van der Waals surface area contributed by atoms with Crippen LogP contribution in [0.2, 0.25) is 0 Å². The van der Waals surface area contributed by atoms with Crippen LogP contribution < -0.4 is 0 Å². The molecule has 2 atom stereocenters. The second-order valence-electron chi connectivity index (χ2n) is 6.76. The van der Waals surface area contributed by atoms with Crippen molar-refractivity contribution in [2.75, 3.05) is 13.1 Å². The Morgan fingerprint density at radius 2 is 1.88 bits per heavy atom. The molecule has 0 aliphatic carbocycles. The third kappa shape index (κ3) is 5.75. The molecule has 0 radical (unpaired) electrons. The second-order valence-corrected chi connectivity index (χ2v) is 9.56. The van der Waals surface area contributed by atoms with E-state index in [9.17, 15) is 4.79 Å². The monoisotopic (exact) mass is 376 g/mol. The van der Waals surface area contributed by atoms with Crippen LogP contribution in [0.25, 0.3) is 0 Å². The Hall–Kier alpha value is -1.52. The summed E-state index contributed by atoms with van der Waals surface area (Å²) in [6, 6.07) is 10.8. The molecule has 1 aromatic rings. The molecule has 0 spiro atoms. The second kappa shape index (κ2) is 10.6. The number of benzene rings is 1. The fraction of sp³-hybridized carbons (Fsp3) is 0.500. The van der Waals surface area contributed by atoms with Crippen molar-refractivity contribution in [2.45, 2.75) is 58.4 Å². The quantitative estimate of drug-likeness (QED) is 0.373. The summed E-state index contributed by atoms with van der Waals surface area (Å²) in [7, 11) is -1.41. The van der Waals surface area contributed by atoms with E-state index < -0.39 is 9.39 Å². The van der Waals surface area contributed by atoms with Gasteiger partial charge < -0.3 is 4.90 Å². The summed E-state index contributed by atoms with van der Waals surface area (Å²) in [6.07, 6.45) is 3.02. The average molecular weight is 377 g/mol. The summed E-state index contributed by atoms with van der Waals surface area (Å²) >= 11 is 0. The standard InChI is InChI=1S/C20H30N2OS.C2H6/c1-6-21(24(4,5)15-18-10-8-7-9-11-18)14-19-12-13-20(17(2)3)22(19)16-23;1-2/h7-11,16,19-20H,2,4-6,12-15H2,1,3H3;1-2H3. The molecule has 0 saturated carbocycles. The number of hydrogen-bond acceptors (Lipinski definition) is 2. The van der Waals surface area contributed by atoms with Crippen molar-refractivity contribution in [2.24, 2.45) is 0 Å². The molecule has 146 valence electrons. The van der Waals surface area contributed by atoms with Gasteiger partial charge >= 0.3 is 0 Å². The number of nitrogens with zero attached hydrogens (tertiary/aromatic N) is 2. The highest BCUT2D eigenvalue weighted by Crippen LogP contribution is 2.34. The van der Waals surface area contributed by atoms with Gasteiger partial charge in [-0.1, -0.05) is 75.0 Å². The number of likely N-dealkylation sites (N-methyl/N-ethyl adjacent to an activating group) is 1. The molecule has 0 aromatic heterocycles. The van der Waals surface area contributed by atoms with Crippen molar-refractivity contribution in [1.29, 1.82) is 0 Å². The van der Waals surface area contributed by atoms with Gasteiger partial charge in [-0.05, 0) is 25.3 Å². The third-order valence-corrected chi connectivity index (χ3v) is 7.21. The lowest BCUT2D eigenvalue weighted by molar-refractivity contribution is -0.120. The van der Waals surface area contributed by atoms with Crippen molar-refractivity contribution in [3.63, 3.8) is 0 Å². The smallest absolute Gasteiger partial charge is 0.210 e. The van der Waals surface area contributed by atoms with Crippen molar-refractivity contribution in [1.82, 2.24) is 9.21 Å². The number of likely N-dealkylation sites (tertiary alicyclic amines) is 1. The molecule has 26 heavy (non-hydrogen) atoms. The molecule has 3 nitrogen and oxygen atoms in total. The maximum atomic E-state index is 11.6. The van der Waals surface area contributed by atoms with Crippen LogP contribution in [0.15, 0.2) is 42.5 Å². The Kier molecular flexibility index (Phi) is 9.17. The molecule has 1 heterocycles. The van der Waals surface area contributed by atoms with E-state index in [0.29, 0.717) is 0 Å². The summed E-state index contributed by atoms with van der Waals surface area (Å²) in [6.45, 7) is 13.9. The van der Waals surface area contributed by atoms with Gasteiger partial charge in [0.15, 0.2) is 0 Å². The average Bonchev–Trinajstić information content (AvgIpc) is 3.04. The van der Waals surface area contributed by atoms with Crippen LogP contribution in [0.3, 0.4) is 0 Å². The lowest BCUT2D eigenvalue weighted by Crippen LogP contribution is -2.42. The summed E-state index contributed by atoms with van der Waals surface area (Å²) < 4.78 is 2.38. The number of hydrogen-bond donors (Lipinski definition) is 0. The zero-order valence-corrected chi connectivity index (χ0v) is 17.8. The van der Waals surface area contributed by atoms with Gasteiger partial charge in [-0.15, -0.1) is 0 Å². The highest BCUT2D eigenvalue weighted by molar-refractivity contribution is 8.25. The molecule has 1 fully saturated rings. The molecule has 1 aromatic carbocycles. The van der Waals surface area contributed by atoms with Gasteiger partial charge in [0, 0.05) is 24.9 Å². The Morgan fingerprint density at radius 1 is 1.27 bits per heavy atom.